The number of amides is 1. The van der Waals surface area contributed by atoms with E-state index in [0.717, 1.165) is 0 Å². The Balaban J connectivity index is 2.43. The molecule has 1 aliphatic rings. The Morgan fingerprint density at radius 3 is 2.65 bits per heavy atom. The van der Waals surface area contributed by atoms with Gasteiger partial charge in [-0.05, 0) is 18.6 Å². The molecule has 1 amide bonds. The van der Waals surface area contributed by atoms with Gasteiger partial charge in [-0.1, -0.05) is 0 Å². The van der Waals surface area contributed by atoms with Crippen LogP contribution in [0.2, 0.25) is 0 Å². The van der Waals surface area contributed by atoms with Gasteiger partial charge >= 0.3 is 0 Å². The van der Waals surface area contributed by atoms with E-state index in [-0.39, 0.29) is 12.1 Å². The van der Waals surface area contributed by atoms with Gasteiger partial charge in [0.15, 0.2) is 0 Å². The first-order valence-corrected chi connectivity index (χ1v) is 6.26. The maximum absolute atomic E-state index is 11.2. The number of hydrogen-bond donors (Lipinski definition) is 1. The van der Waals surface area contributed by atoms with Crippen molar-refractivity contribution in [2.24, 2.45) is 5.73 Å². The molecule has 0 spiro atoms. The highest BCUT2D eigenvalue weighted by molar-refractivity contribution is 5.76. The molecule has 0 unspecified atom stereocenters. The minimum Gasteiger partial charge on any atom is -0.494 e. The number of hydrogen-bond acceptors (Lipinski definition) is 5. The Bertz CT molecular complexity index is 540. The summed E-state index contributed by atoms with van der Waals surface area (Å²) < 4.78 is 10.5. The second-order valence-electron chi connectivity index (χ2n) is 4.82. The molecule has 0 aromatic heterocycles. The molecule has 0 radical (unpaired) electrons. The molecule has 0 bridgehead atoms. The van der Waals surface area contributed by atoms with Crippen molar-refractivity contribution < 1.29 is 19.2 Å². The van der Waals surface area contributed by atoms with Crippen LogP contribution in [0, 0.1) is 10.1 Å². The van der Waals surface area contributed by atoms with Crippen LogP contribution < -0.4 is 10.5 Å². The second kappa shape index (κ2) is 5.46. The molecule has 1 saturated heterocycles. The van der Waals surface area contributed by atoms with Crippen LogP contribution in [0.5, 0.6) is 5.75 Å². The fourth-order valence-electron chi connectivity index (χ4n) is 2.30. The Kier molecular flexibility index (Phi) is 3.89. The number of carbonyl (C=O) groups excluding carboxylic acids is 1. The maximum atomic E-state index is 11.2. The lowest BCUT2D eigenvalue weighted by Crippen LogP contribution is -2.49. The first kappa shape index (κ1) is 14.3. The summed E-state index contributed by atoms with van der Waals surface area (Å²) in [7, 11) is 0. The average molecular weight is 280 g/mol. The highest BCUT2D eigenvalue weighted by atomic mass is 16.6. The number of carbonyl (C=O) groups is 1. The zero-order valence-corrected chi connectivity index (χ0v) is 11.1. The third-order valence-corrected chi connectivity index (χ3v) is 3.29. The number of rotatable bonds is 6. The van der Waals surface area contributed by atoms with Gasteiger partial charge in [-0.15, -0.1) is 0 Å². The molecule has 0 aliphatic carbocycles. The topological polar surface area (TPSA) is 105 Å². The molecule has 0 saturated carbocycles. The monoisotopic (exact) mass is 280 g/mol. The number of nitro benzene ring substituents is 1. The molecule has 1 aromatic carbocycles. The number of ether oxygens (including phenoxy) is 2. The maximum Gasteiger partial charge on any atom is 0.273 e. The summed E-state index contributed by atoms with van der Waals surface area (Å²) >= 11 is 0. The van der Waals surface area contributed by atoms with Crippen molar-refractivity contribution in [3.05, 3.63) is 33.9 Å². The first-order valence-electron chi connectivity index (χ1n) is 6.26. The Morgan fingerprint density at radius 1 is 1.50 bits per heavy atom. The molecule has 2 N–H and O–H groups in total. The summed E-state index contributed by atoms with van der Waals surface area (Å²) in [6, 6.07) is 4.53. The molecular weight excluding hydrogens is 264 g/mol. The number of benzene rings is 1. The van der Waals surface area contributed by atoms with Gasteiger partial charge in [-0.3, -0.25) is 14.9 Å². The van der Waals surface area contributed by atoms with Crippen LogP contribution in [0.15, 0.2) is 18.2 Å². The molecule has 0 atom stereocenters. The molecule has 20 heavy (non-hydrogen) atoms. The molecule has 1 aliphatic heterocycles. The van der Waals surface area contributed by atoms with E-state index >= 15 is 0 Å². The van der Waals surface area contributed by atoms with Crippen LogP contribution in [0.3, 0.4) is 0 Å². The van der Waals surface area contributed by atoms with Gasteiger partial charge in [0.2, 0.25) is 5.91 Å². The van der Waals surface area contributed by atoms with Crippen molar-refractivity contribution in [1.82, 2.24) is 0 Å². The smallest absolute Gasteiger partial charge is 0.273 e. The van der Waals surface area contributed by atoms with Crippen LogP contribution in [-0.2, 0) is 14.9 Å². The normalized spacial score (nSPS) is 16.2. The number of nitro groups is 1. The minimum absolute atomic E-state index is 0.0679. The van der Waals surface area contributed by atoms with Crippen LogP contribution in [0.1, 0.15) is 18.9 Å². The van der Waals surface area contributed by atoms with E-state index in [2.05, 4.69) is 0 Å². The van der Waals surface area contributed by atoms with E-state index in [1.54, 1.807) is 13.0 Å². The molecule has 1 fully saturated rings. The van der Waals surface area contributed by atoms with E-state index in [9.17, 15) is 14.9 Å². The van der Waals surface area contributed by atoms with Crippen LogP contribution in [0.4, 0.5) is 5.69 Å². The Labute approximate surface area is 115 Å². The summed E-state index contributed by atoms with van der Waals surface area (Å²) in [5.74, 6) is -0.0507. The summed E-state index contributed by atoms with van der Waals surface area (Å²) in [5.41, 5.74) is 5.27. The SMILES string of the molecule is CCOc1cc([N+](=O)[O-])cc(C2(CC(N)=O)COC2)c1. The lowest BCUT2D eigenvalue weighted by atomic mass is 9.75. The van der Waals surface area contributed by atoms with Gasteiger partial charge in [-0.2, -0.15) is 0 Å². The van der Waals surface area contributed by atoms with Gasteiger partial charge in [0.25, 0.3) is 5.69 Å². The molecule has 108 valence electrons. The summed E-state index contributed by atoms with van der Waals surface area (Å²) in [6.45, 7) is 2.84. The fourth-order valence-corrected chi connectivity index (χ4v) is 2.30. The lowest BCUT2D eigenvalue weighted by molar-refractivity contribution is -0.385. The zero-order chi connectivity index (χ0) is 14.8. The lowest BCUT2D eigenvalue weighted by Gasteiger charge is -2.41. The highest BCUT2D eigenvalue weighted by Gasteiger charge is 2.42. The van der Waals surface area contributed by atoms with E-state index in [4.69, 9.17) is 15.2 Å². The van der Waals surface area contributed by atoms with Crippen molar-refractivity contribution in [2.45, 2.75) is 18.8 Å². The first-order chi connectivity index (χ1) is 9.47. The van der Waals surface area contributed by atoms with E-state index in [1.165, 1.54) is 12.1 Å². The van der Waals surface area contributed by atoms with Crippen molar-refractivity contribution in [3.63, 3.8) is 0 Å². The predicted molar refractivity (Wildman–Crippen MR) is 70.6 cm³/mol. The third-order valence-electron chi connectivity index (χ3n) is 3.29. The van der Waals surface area contributed by atoms with E-state index in [0.29, 0.717) is 31.1 Å². The minimum atomic E-state index is -0.580. The van der Waals surface area contributed by atoms with Crippen LogP contribution >= 0.6 is 0 Å². The molecule has 7 nitrogen and oxygen atoms in total. The number of primary amides is 1. The van der Waals surface area contributed by atoms with Gasteiger partial charge < -0.3 is 15.2 Å². The van der Waals surface area contributed by atoms with Crippen LogP contribution in [-0.4, -0.2) is 30.7 Å². The van der Waals surface area contributed by atoms with Crippen molar-refractivity contribution >= 4 is 11.6 Å². The zero-order valence-electron chi connectivity index (χ0n) is 11.1. The van der Waals surface area contributed by atoms with Gasteiger partial charge in [0.05, 0.1) is 36.2 Å². The van der Waals surface area contributed by atoms with Crippen LogP contribution in [0.25, 0.3) is 0 Å². The summed E-state index contributed by atoms with van der Waals surface area (Å²) in [4.78, 5) is 21.7. The molecular formula is C13H16N2O5. The van der Waals surface area contributed by atoms with E-state index < -0.39 is 16.2 Å². The second-order valence-corrected chi connectivity index (χ2v) is 4.82. The van der Waals surface area contributed by atoms with Gasteiger partial charge in [-0.25, -0.2) is 0 Å². The largest absolute Gasteiger partial charge is 0.494 e. The summed E-state index contributed by atoms with van der Waals surface area (Å²) in [6.07, 6.45) is 0.0970. The number of non-ortho nitro benzene ring substituents is 1. The van der Waals surface area contributed by atoms with Crippen molar-refractivity contribution in [1.29, 1.82) is 0 Å². The van der Waals surface area contributed by atoms with E-state index in [1.807, 2.05) is 0 Å². The molecule has 2 rings (SSSR count). The fraction of sp³-hybridized carbons (Fsp3) is 0.462. The summed E-state index contributed by atoms with van der Waals surface area (Å²) in [5, 5.41) is 11.0. The van der Waals surface area contributed by atoms with Gasteiger partial charge in [0.1, 0.15) is 5.75 Å². The number of nitrogens with two attached hydrogens (primary N) is 1. The van der Waals surface area contributed by atoms with Crippen molar-refractivity contribution in [3.8, 4) is 5.75 Å². The molecule has 1 aromatic rings. The Hall–Kier alpha value is -2.15. The average Bonchev–Trinajstić information content (AvgIpc) is 2.33. The quantitative estimate of drug-likeness (QED) is 0.621. The highest BCUT2D eigenvalue weighted by Crippen LogP contribution is 2.39. The standard InChI is InChI=1S/C13H16N2O5/c1-2-20-11-4-9(3-10(5-11)15(17)18)13(6-12(14)16)7-19-8-13/h3-5H,2,6-8H2,1H3,(H2,14,16). The molecule has 7 heteroatoms. The molecule has 1 heterocycles. The van der Waals surface area contributed by atoms with Crippen molar-refractivity contribution in [2.75, 3.05) is 19.8 Å². The van der Waals surface area contributed by atoms with Gasteiger partial charge in [0, 0.05) is 12.5 Å². The number of nitrogens with zero attached hydrogens (tertiary/aromatic N) is 1. The Morgan fingerprint density at radius 2 is 2.20 bits per heavy atom. The third kappa shape index (κ3) is 2.72. The predicted octanol–water partition coefficient (Wildman–Crippen LogP) is 1.14.